The number of rotatable bonds is 0. The van der Waals surface area contributed by atoms with E-state index >= 15 is 0 Å². The van der Waals surface area contributed by atoms with E-state index in [1.54, 1.807) is 0 Å². The Labute approximate surface area is 63.5 Å². The van der Waals surface area contributed by atoms with Crippen molar-refractivity contribution in [1.29, 1.82) is 0 Å². The molecule has 2 nitrogen and oxygen atoms in total. The van der Waals surface area contributed by atoms with Crippen LogP contribution < -0.4 is 10.6 Å². The topological polar surface area (TPSA) is 24.1 Å². The van der Waals surface area contributed by atoms with E-state index in [1.807, 2.05) is 0 Å². The molecule has 1 saturated heterocycles. The Hall–Kier alpha value is 0.816. The van der Waals surface area contributed by atoms with Crippen LogP contribution >= 0.6 is 0 Å². The molecule has 0 aromatic heterocycles. The number of nitrogens with one attached hydrogen (secondary N) is 2. The molecule has 0 bridgehead atoms. The Bertz CT molecular complexity index is 25.2. The van der Waals surface area contributed by atoms with Crippen molar-refractivity contribution in [2.45, 2.75) is 0 Å². The predicted molar refractivity (Wildman–Crippen MR) is 34.3 cm³/mol. The maximum absolute atomic E-state index is 3.22. The van der Waals surface area contributed by atoms with Gasteiger partial charge in [0.1, 0.15) is 0 Å². The van der Waals surface area contributed by atoms with E-state index in [9.17, 15) is 0 Å². The van der Waals surface area contributed by atoms with Crippen molar-refractivity contribution in [2.75, 3.05) is 26.2 Å². The van der Waals surface area contributed by atoms with Crippen LogP contribution in [0.5, 0.6) is 0 Å². The summed E-state index contributed by atoms with van der Waals surface area (Å²) in [5.41, 5.74) is 0. The molecular formula is C4H12N2Po. The van der Waals surface area contributed by atoms with Crippen molar-refractivity contribution >= 4 is 26.6 Å². The molecule has 7 heavy (non-hydrogen) atoms. The number of hydrogen-bond acceptors (Lipinski definition) is 2. The zero-order valence-electron chi connectivity index (χ0n) is 4.33. The van der Waals surface area contributed by atoms with Gasteiger partial charge in [-0.25, -0.2) is 0 Å². The van der Waals surface area contributed by atoms with Gasteiger partial charge in [0.2, 0.25) is 0 Å². The standard InChI is InChI=1S/C4H10N2.Po.2H/c1-2-6-4-3-5-1;;;/h5-6H,1-4H2;;;. The quantitative estimate of drug-likeness (QED) is 0.555. The van der Waals surface area contributed by atoms with E-state index < -0.39 is 0 Å². The van der Waals surface area contributed by atoms with Crippen LogP contribution in [0.1, 0.15) is 0 Å². The first-order chi connectivity index (χ1) is 3.00. The molecule has 0 aliphatic carbocycles. The van der Waals surface area contributed by atoms with Gasteiger partial charge < -0.3 is 10.6 Å². The SMILES string of the molecule is C1CNCCN1.[PoH2]. The van der Waals surface area contributed by atoms with Gasteiger partial charge in [0.25, 0.3) is 0 Å². The monoisotopic (exact) mass is 297 g/mol. The van der Waals surface area contributed by atoms with Crippen molar-refractivity contribution in [3.05, 3.63) is 0 Å². The molecule has 3 heteroatoms. The van der Waals surface area contributed by atoms with E-state index in [0.717, 1.165) is 26.2 Å². The summed E-state index contributed by atoms with van der Waals surface area (Å²) in [6, 6.07) is 0. The van der Waals surface area contributed by atoms with Crippen LogP contribution in [-0.2, 0) is 0 Å². The summed E-state index contributed by atoms with van der Waals surface area (Å²) in [6.45, 7) is 4.56. The van der Waals surface area contributed by atoms with Crippen LogP contribution in [0.4, 0.5) is 0 Å². The summed E-state index contributed by atoms with van der Waals surface area (Å²) in [5.74, 6) is 0. The van der Waals surface area contributed by atoms with Gasteiger partial charge in [-0.15, -0.1) is 0 Å². The molecule has 0 amide bonds. The van der Waals surface area contributed by atoms with Crippen molar-refractivity contribution in [2.24, 2.45) is 0 Å². The summed E-state index contributed by atoms with van der Waals surface area (Å²) in [5, 5.41) is 6.44. The first-order valence-electron chi connectivity index (χ1n) is 2.41. The fraction of sp³-hybridized carbons (Fsp3) is 1.00. The molecule has 0 radical (unpaired) electrons. The van der Waals surface area contributed by atoms with E-state index in [2.05, 4.69) is 10.6 Å². The van der Waals surface area contributed by atoms with Crippen molar-refractivity contribution in [3.63, 3.8) is 0 Å². The molecule has 0 spiro atoms. The average Bonchev–Trinajstić information content (AvgIpc) is 1.72. The summed E-state index contributed by atoms with van der Waals surface area (Å²) in [4.78, 5) is 0. The second-order valence-corrected chi connectivity index (χ2v) is 1.50. The van der Waals surface area contributed by atoms with Gasteiger partial charge in [0.15, 0.2) is 0 Å². The second-order valence-electron chi connectivity index (χ2n) is 1.50. The minimum absolute atomic E-state index is 0. The van der Waals surface area contributed by atoms with Gasteiger partial charge in [-0.3, -0.25) is 0 Å². The first-order valence-corrected chi connectivity index (χ1v) is 2.41. The summed E-state index contributed by atoms with van der Waals surface area (Å²) in [7, 11) is 0. The molecule has 1 fully saturated rings. The van der Waals surface area contributed by atoms with Crippen LogP contribution in [-0.4, -0.2) is 52.7 Å². The number of hydrogen-bond donors (Lipinski definition) is 2. The van der Waals surface area contributed by atoms with Crippen LogP contribution in [0, 0.1) is 0 Å². The van der Waals surface area contributed by atoms with Gasteiger partial charge in [-0.05, 0) is 0 Å². The normalized spacial score (nSPS) is 20.6. The Morgan fingerprint density at radius 3 is 1.14 bits per heavy atom. The van der Waals surface area contributed by atoms with Crippen LogP contribution in [0.15, 0.2) is 0 Å². The van der Waals surface area contributed by atoms with E-state index in [0.29, 0.717) is 0 Å². The zero-order valence-corrected chi connectivity index (χ0v) is 8.22. The maximum atomic E-state index is 3.22. The predicted octanol–water partition coefficient (Wildman–Crippen LogP) is -1.74. The van der Waals surface area contributed by atoms with E-state index in [1.165, 1.54) is 0 Å². The molecule has 0 saturated carbocycles. The Morgan fingerprint density at radius 2 is 1.00 bits per heavy atom. The van der Waals surface area contributed by atoms with Gasteiger partial charge in [0, 0.05) is 26.2 Å². The molecule has 1 aliphatic heterocycles. The van der Waals surface area contributed by atoms with Crippen molar-refractivity contribution < 1.29 is 0 Å². The molecule has 1 aliphatic rings. The Kier molecular flexibility index (Phi) is 5.54. The molecule has 2 N–H and O–H groups in total. The zero-order chi connectivity index (χ0) is 4.24. The third-order valence-corrected chi connectivity index (χ3v) is 0.957. The molecular weight excluding hydrogens is 285 g/mol. The average molecular weight is 297 g/mol. The summed E-state index contributed by atoms with van der Waals surface area (Å²) < 4.78 is 0. The number of piperazine rings is 1. The second kappa shape index (κ2) is 4.96. The van der Waals surface area contributed by atoms with Gasteiger partial charge in [-0.1, -0.05) is 0 Å². The molecule has 1 heterocycles. The third kappa shape index (κ3) is 3.40. The fourth-order valence-electron chi connectivity index (χ4n) is 0.604. The van der Waals surface area contributed by atoms with E-state index in [-0.39, 0.29) is 26.6 Å². The van der Waals surface area contributed by atoms with Gasteiger partial charge in [0.05, 0.1) is 0 Å². The third-order valence-electron chi connectivity index (χ3n) is 0.957. The summed E-state index contributed by atoms with van der Waals surface area (Å²) in [6.07, 6.45) is 0. The van der Waals surface area contributed by atoms with Crippen LogP contribution in [0.3, 0.4) is 0 Å². The van der Waals surface area contributed by atoms with Crippen molar-refractivity contribution in [1.82, 2.24) is 10.6 Å². The van der Waals surface area contributed by atoms with E-state index in [4.69, 9.17) is 0 Å². The van der Waals surface area contributed by atoms with Crippen LogP contribution in [0.25, 0.3) is 0 Å². The Morgan fingerprint density at radius 1 is 0.714 bits per heavy atom. The van der Waals surface area contributed by atoms with Crippen molar-refractivity contribution in [3.8, 4) is 0 Å². The summed E-state index contributed by atoms with van der Waals surface area (Å²) >= 11 is 0. The molecule has 0 aromatic carbocycles. The first kappa shape index (κ1) is 7.82. The molecule has 1 rings (SSSR count). The van der Waals surface area contributed by atoms with Gasteiger partial charge >= 0.3 is 26.6 Å². The Balaban J connectivity index is 0.000000360. The fourth-order valence-corrected chi connectivity index (χ4v) is 0.604. The van der Waals surface area contributed by atoms with Crippen LogP contribution in [0.2, 0.25) is 0 Å². The molecule has 0 unspecified atom stereocenters. The molecule has 0 atom stereocenters. The molecule has 44 valence electrons. The minimum atomic E-state index is 0. The molecule has 0 aromatic rings. The van der Waals surface area contributed by atoms with Gasteiger partial charge in [-0.2, -0.15) is 0 Å².